The maximum atomic E-state index is 12.8. The third kappa shape index (κ3) is 1.93. The minimum atomic E-state index is -1.03. The van der Waals surface area contributed by atoms with Gasteiger partial charge in [-0.2, -0.15) is 0 Å². The minimum absolute atomic E-state index is 0.0870. The lowest BCUT2D eigenvalue weighted by Gasteiger charge is -2.09. The Morgan fingerprint density at radius 3 is 2.15 bits per heavy atom. The molecule has 0 aromatic heterocycles. The van der Waals surface area contributed by atoms with Crippen LogP contribution in [0.15, 0.2) is 12.1 Å². The summed E-state index contributed by atoms with van der Waals surface area (Å²) in [5, 5.41) is 8.76. The van der Waals surface area contributed by atoms with Gasteiger partial charge in [-0.15, -0.1) is 0 Å². The highest BCUT2D eigenvalue weighted by atomic mass is 19.1. The van der Waals surface area contributed by atoms with Crippen LogP contribution in [0.3, 0.4) is 0 Å². The molecule has 0 aliphatic heterocycles. The standard InChI is InChI=1S/C8H10F2N2O/c9-5-1-4(7(12)3-11)2-6(10)8(5)13/h1-2,7,13H,3,11-12H2/t7-/m1/s1. The summed E-state index contributed by atoms with van der Waals surface area (Å²) >= 11 is 0. The Balaban J connectivity index is 3.13. The van der Waals surface area contributed by atoms with Crippen LogP contribution in [0.25, 0.3) is 0 Å². The Hall–Kier alpha value is -1.20. The first kappa shape index (κ1) is 9.88. The second-order valence-electron chi connectivity index (χ2n) is 2.68. The molecule has 1 rings (SSSR count). The van der Waals surface area contributed by atoms with Crippen LogP contribution in [0.5, 0.6) is 5.75 Å². The lowest BCUT2D eigenvalue weighted by Crippen LogP contribution is -2.21. The van der Waals surface area contributed by atoms with E-state index in [1.807, 2.05) is 0 Å². The largest absolute Gasteiger partial charge is 0.503 e. The number of benzene rings is 1. The van der Waals surface area contributed by atoms with Crippen molar-refractivity contribution in [2.24, 2.45) is 11.5 Å². The van der Waals surface area contributed by atoms with Crippen molar-refractivity contribution in [2.75, 3.05) is 6.54 Å². The summed E-state index contributed by atoms with van der Waals surface area (Å²) in [6.07, 6.45) is 0. The van der Waals surface area contributed by atoms with Gasteiger partial charge in [0.25, 0.3) is 0 Å². The number of rotatable bonds is 2. The van der Waals surface area contributed by atoms with Gasteiger partial charge in [0.05, 0.1) is 0 Å². The van der Waals surface area contributed by atoms with Crippen molar-refractivity contribution < 1.29 is 13.9 Å². The number of phenolic OH excluding ortho intramolecular Hbond substituents is 1. The van der Waals surface area contributed by atoms with Gasteiger partial charge in [0.2, 0.25) is 0 Å². The Morgan fingerprint density at radius 2 is 1.77 bits per heavy atom. The van der Waals surface area contributed by atoms with E-state index in [4.69, 9.17) is 16.6 Å². The molecule has 1 aromatic rings. The first-order valence-electron chi connectivity index (χ1n) is 3.69. The third-order valence-electron chi connectivity index (χ3n) is 1.72. The summed E-state index contributed by atoms with van der Waals surface area (Å²) in [4.78, 5) is 0. The molecule has 0 amide bonds. The Bertz CT molecular complexity index is 294. The predicted octanol–water partition coefficient (Wildman–Crippen LogP) is 0.629. The predicted molar refractivity (Wildman–Crippen MR) is 44.0 cm³/mol. The first-order chi connectivity index (χ1) is 6.06. The molecule has 13 heavy (non-hydrogen) atoms. The van der Waals surface area contributed by atoms with E-state index in [2.05, 4.69) is 0 Å². The van der Waals surface area contributed by atoms with Gasteiger partial charge in [-0.05, 0) is 17.7 Å². The SMILES string of the molecule is NC[C@@H](N)c1cc(F)c(O)c(F)c1. The van der Waals surface area contributed by atoms with Gasteiger partial charge >= 0.3 is 0 Å². The van der Waals surface area contributed by atoms with Gasteiger partial charge in [0.15, 0.2) is 17.4 Å². The highest BCUT2D eigenvalue weighted by molar-refractivity contribution is 5.31. The summed E-state index contributed by atoms with van der Waals surface area (Å²) < 4.78 is 25.5. The van der Waals surface area contributed by atoms with E-state index >= 15 is 0 Å². The smallest absolute Gasteiger partial charge is 0.187 e. The van der Waals surface area contributed by atoms with Crippen molar-refractivity contribution in [1.82, 2.24) is 0 Å². The van der Waals surface area contributed by atoms with Gasteiger partial charge < -0.3 is 16.6 Å². The second kappa shape index (κ2) is 3.68. The number of aromatic hydroxyl groups is 1. The molecule has 72 valence electrons. The van der Waals surface area contributed by atoms with E-state index in [9.17, 15) is 8.78 Å². The topological polar surface area (TPSA) is 72.3 Å². The van der Waals surface area contributed by atoms with Crippen LogP contribution in [-0.4, -0.2) is 11.7 Å². The van der Waals surface area contributed by atoms with Crippen molar-refractivity contribution in [3.8, 4) is 5.75 Å². The molecule has 0 saturated heterocycles. The van der Waals surface area contributed by atoms with Crippen LogP contribution in [-0.2, 0) is 0 Å². The number of hydrogen-bond donors (Lipinski definition) is 3. The number of phenols is 1. The zero-order valence-corrected chi connectivity index (χ0v) is 6.80. The molecule has 0 radical (unpaired) electrons. The van der Waals surface area contributed by atoms with Crippen LogP contribution < -0.4 is 11.5 Å². The second-order valence-corrected chi connectivity index (χ2v) is 2.68. The van der Waals surface area contributed by atoms with Crippen molar-refractivity contribution in [3.63, 3.8) is 0 Å². The molecule has 0 saturated carbocycles. The van der Waals surface area contributed by atoms with E-state index < -0.39 is 23.4 Å². The monoisotopic (exact) mass is 188 g/mol. The number of nitrogens with two attached hydrogens (primary N) is 2. The zero-order chi connectivity index (χ0) is 10.0. The van der Waals surface area contributed by atoms with Gasteiger partial charge in [0.1, 0.15) is 0 Å². The fraction of sp³-hybridized carbons (Fsp3) is 0.250. The van der Waals surface area contributed by atoms with Crippen molar-refractivity contribution in [2.45, 2.75) is 6.04 Å². The first-order valence-corrected chi connectivity index (χ1v) is 3.69. The normalized spacial score (nSPS) is 12.9. The Labute approximate surface area is 74.0 Å². The van der Waals surface area contributed by atoms with Gasteiger partial charge in [-0.1, -0.05) is 0 Å². The third-order valence-corrected chi connectivity index (χ3v) is 1.72. The summed E-state index contributed by atoms with van der Waals surface area (Å²) in [6.45, 7) is 0.0870. The average molecular weight is 188 g/mol. The molecule has 0 aliphatic carbocycles. The molecular weight excluding hydrogens is 178 g/mol. The molecule has 0 unspecified atom stereocenters. The number of hydrogen-bond acceptors (Lipinski definition) is 3. The maximum absolute atomic E-state index is 12.8. The van der Waals surface area contributed by atoms with E-state index in [0.29, 0.717) is 0 Å². The quantitative estimate of drug-likeness (QED) is 0.637. The molecule has 1 atom stereocenters. The molecular formula is C8H10F2N2O. The van der Waals surface area contributed by atoms with Gasteiger partial charge in [0, 0.05) is 12.6 Å². The van der Waals surface area contributed by atoms with Gasteiger partial charge in [-0.3, -0.25) is 0 Å². The summed E-state index contributed by atoms with van der Waals surface area (Å²) in [5.41, 5.74) is 10.9. The van der Waals surface area contributed by atoms with Crippen molar-refractivity contribution in [1.29, 1.82) is 0 Å². The fourth-order valence-corrected chi connectivity index (χ4v) is 0.935. The van der Waals surface area contributed by atoms with Crippen LogP contribution in [0.2, 0.25) is 0 Å². The molecule has 5 N–H and O–H groups in total. The molecule has 0 heterocycles. The molecule has 0 fully saturated rings. The highest BCUT2D eigenvalue weighted by Gasteiger charge is 2.12. The fourth-order valence-electron chi connectivity index (χ4n) is 0.935. The van der Waals surface area contributed by atoms with Crippen LogP contribution in [0.1, 0.15) is 11.6 Å². The van der Waals surface area contributed by atoms with Crippen LogP contribution in [0.4, 0.5) is 8.78 Å². The lowest BCUT2D eigenvalue weighted by molar-refractivity contribution is 0.394. The Kier molecular flexibility index (Phi) is 2.79. The van der Waals surface area contributed by atoms with E-state index in [1.54, 1.807) is 0 Å². The molecule has 0 bridgehead atoms. The molecule has 0 aliphatic rings. The summed E-state index contributed by atoms with van der Waals surface area (Å²) in [5.74, 6) is -3.05. The van der Waals surface area contributed by atoms with Crippen LogP contribution >= 0.6 is 0 Å². The summed E-state index contributed by atoms with van der Waals surface area (Å²) in [6, 6.07) is 1.32. The molecule has 1 aromatic carbocycles. The zero-order valence-electron chi connectivity index (χ0n) is 6.80. The lowest BCUT2D eigenvalue weighted by atomic mass is 10.1. The number of halogens is 2. The summed E-state index contributed by atoms with van der Waals surface area (Å²) in [7, 11) is 0. The Morgan fingerprint density at radius 1 is 1.31 bits per heavy atom. The van der Waals surface area contributed by atoms with E-state index in [0.717, 1.165) is 12.1 Å². The average Bonchev–Trinajstić information content (AvgIpc) is 2.12. The van der Waals surface area contributed by atoms with Gasteiger partial charge in [-0.25, -0.2) is 8.78 Å². The van der Waals surface area contributed by atoms with Crippen molar-refractivity contribution >= 4 is 0 Å². The molecule has 3 nitrogen and oxygen atoms in total. The maximum Gasteiger partial charge on any atom is 0.187 e. The van der Waals surface area contributed by atoms with Crippen LogP contribution in [0, 0.1) is 11.6 Å². The van der Waals surface area contributed by atoms with E-state index in [1.165, 1.54) is 0 Å². The molecule has 5 heteroatoms. The van der Waals surface area contributed by atoms with Crippen molar-refractivity contribution in [3.05, 3.63) is 29.3 Å². The molecule has 0 spiro atoms. The van der Waals surface area contributed by atoms with E-state index in [-0.39, 0.29) is 12.1 Å². The minimum Gasteiger partial charge on any atom is -0.503 e. The highest BCUT2D eigenvalue weighted by Crippen LogP contribution is 2.23.